The van der Waals surface area contributed by atoms with Crippen LogP contribution >= 0.6 is 0 Å². The molecule has 1 unspecified atom stereocenters. The first kappa shape index (κ1) is 13.2. The zero-order chi connectivity index (χ0) is 13.5. The van der Waals surface area contributed by atoms with Gasteiger partial charge in [0.1, 0.15) is 0 Å². The summed E-state index contributed by atoms with van der Waals surface area (Å²) < 4.78 is 2.42. The van der Waals surface area contributed by atoms with E-state index in [-0.39, 0.29) is 6.10 Å². The Morgan fingerprint density at radius 3 is 2.84 bits per heavy atom. The third-order valence-electron chi connectivity index (χ3n) is 5.11. The number of piperidine rings is 1. The lowest BCUT2D eigenvalue weighted by Gasteiger charge is -2.38. The highest BCUT2D eigenvalue weighted by atomic mass is 16.3. The summed E-state index contributed by atoms with van der Waals surface area (Å²) in [5.74, 6) is 0. The van der Waals surface area contributed by atoms with Crippen LogP contribution in [0.15, 0.2) is 12.3 Å². The molecule has 1 N–H and O–H groups in total. The summed E-state index contributed by atoms with van der Waals surface area (Å²) in [6, 6.07) is 2.14. The predicted octanol–water partition coefficient (Wildman–Crippen LogP) is 2.59. The van der Waals surface area contributed by atoms with E-state index in [1.807, 2.05) is 0 Å². The molecule has 1 aromatic rings. The van der Waals surface area contributed by atoms with Crippen molar-refractivity contribution < 1.29 is 5.11 Å². The summed E-state index contributed by atoms with van der Waals surface area (Å²) in [5.41, 5.74) is 2.99. The summed E-state index contributed by atoms with van der Waals surface area (Å²) in [6.45, 7) is 5.96. The molecule has 106 valence electrons. The molecule has 3 heteroatoms. The Bertz CT molecular complexity index is 444. The highest BCUT2D eigenvalue weighted by Gasteiger charge is 2.31. The molecule has 0 amide bonds. The molecule has 3 nitrogen and oxygen atoms in total. The van der Waals surface area contributed by atoms with Crippen molar-refractivity contribution in [2.24, 2.45) is 5.41 Å². The lowest BCUT2D eigenvalue weighted by atomic mass is 9.80. The largest absolute Gasteiger partial charge is 0.388 e. The average Bonchev–Trinajstić information content (AvgIpc) is 2.78. The molecular formula is C16H26N2O. The predicted molar refractivity (Wildman–Crippen MR) is 77.2 cm³/mol. The maximum Gasteiger partial charge on any atom is 0.0807 e. The van der Waals surface area contributed by atoms with E-state index in [0.717, 1.165) is 25.8 Å². The van der Waals surface area contributed by atoms with E-state index in [2.05, 4.69) is 35.7 Å². The van der Waals surface area contributed by atoms with Gasteiger partial charge in [0, 0.05) is 24.0 Å². The van der Waals surface area contributed by atoms with Gasteiger partial charge in [0.05, 0.1) is 6.10 Å². The van der Waals surface area contributed by atoms with Crippen molar-refractivity contribution in [3.8, 4) is 0 Å². The average molecular weight is 262 g/mol. The number of fused-ring (bicyclic) bond motifs is 1. The van der Waals surface area contributed by atoms with E-state index in [0.29, 0.717) is 5.41 Å². The first-order valence-electron chi connectivity index (χ1n) is 7.62. The van der Waals surface area contributed by atoms with Crippen molar-refractivity contribution in [2.75, 3.05) is 20.1 Å². The van der Waals surface area contributed by atoms with Crippen LogP contribution in [0.1, 0.15) is 50.0 Å². The standard InChI is InChI=1S/C16H26N2O/c1-16(7-10-17(2)11-8-16)12-18-9-6-13-14(18)4-3-5-15(13)19/h6,9,15,19H,3-5,7-8,10-12H2,1-2H3. The Morgan fingerprint density at radius 1 is 1.37 bits per heavy atom. The summed E-state index contributed by atoms with van der Waals surface area (Å²) in [6.07, 6.45) is 7.71. The van der Waals surface area contributed by atoms with Gasteiger partial charge < -0.3 is 14.6 Å². The lowest BCUT2D eigenvalue weighted by Crippen LogP contribution is -2.38. The van der Waals surface area contributed by atoms with Gasteiger partial charge in [-0.05, 0) is 63.7 Å². The van der Waals surface area contributed by atoms with Crippen molar-refractivity contribution in [1.82, 2.24) is 9.47 Å². The quantitative estimate of drug-likeness (QED) is 0.887. The van der Waals surface area contributed by atoms with Crippen molar-refractivity contribution >= 4 is 0 Å². The zero-order valence-corrected chi connectivity index (χ0v) is 12.2. The van der Waals surface area contributed by atoms with Crippen LogP contribution in [-0.2, 0) is 13.0 Å². The molecule has 1 saturated heterocycles. The van der Waals surface area contributed by atoms with Crippen molar-refractivity contribution in [3.63, 3.8) is 0 Å². The summed E-state index contributed by atoms with van der Waals surface area (Å²) >= 11 is 0. The highest BCUT2D eigenvalue weighted by Crippen LogP contribution is 2.36. The summed E-state index contributed by atoms with van der Waals surface area (Å²) in [5, 5.41) is 10.1. The van der Waals surface area contributed by atoms with Crippen molar-refractivity contribution in [3.05, 3.63) is 23.5 Å². The molecule has 0 radical (unpaired) electrons. The molecule has 1 aliphatic carbocycles. The van der Waals surface area contributed by atoms with Crippen molar-refractivity contribution in [2.45, 2.75) is 51.7 Å². The lowest BCUT2D eigenvalue weighted by molar-refractivity contribution is 0.118. The van der Waals surface area contributed by atoms with E-state index >= 15 is 0 Å². The molecule has 0 saturated carbocycles. The molecule has 0 aromatic carbocycles. The van der Waals surface area contributed by atoms with Crippen molar-refractivity contribution in [1.29, 1.82) is 0 Å². The Kier molecular flexibility index (Phi) is 3.44. The number of aromatic nitrogens is 1. The zero-order valence-electron chi connectivity index (χ0n) is 12.2. The second kappa shape index (κ2) is 4.95. The number of hydrogen-bond acceptors (Lipinski definition) is 2. The maximum absolute atomic E-state index is 10.1. The minimum atomic E-state index is -0.227. The second-order valence-electron chi connectivity index (χ2n) is 6.87. The van der Waals surface area contributed by atoms with Gasteiger partial charge in [-0.15, -0.1) is 0 Å². The minimum Gasteiger partial charge on any atom is -0.388 e. The fourth-order valence-electron chi connectivity index (χ4n) is 3.61. The van der Waals surface area contributed by atoms with Gasteiger partial charge in [0.25, 0.3) is 0 Å². The second-order valence-corrected chi connectivity index (χ2v) is 6.87. The number of hydrogen-bond donors (Lipinski definition) is 1. The number of likely N-dealkylation sites (tertiary alicyclic amines) is 1. The third kappa shape index (κ3) is 2.59. The van der Waals surface area contributed by atoms with Crippen LogP contribution in [0.25, 0.3) is 0 Å². The van der Waals surface area contributed by atoms with E-state index in [1.165, 1.54) is 37.2 Å². The molecule has 2 heterocycles. The van der Waals surface area contributed by atoms with Crippen LogP contribution in [0.2, 0.25) is 0 Å². The number of nitrogens with zero attached hydrogens (tertiary/aromatic N) is 2. The van der Waals surface area contributed by atoms with Crippen LogP contribution in [0.4, 0.5) is 0 Å². The molecule has 0 spiro atoms. The first-order valence-corrected chi connectivity index (χ1v) is 7.62. The van der Waals surface area contributed by atoms with Gasteiger partial charge in [-0.2, -0.15) is 0 Å². The maximum atomic E-state index is 10.1. The molecule has 1 atom stereocenters. The molecule has 1 aromatic heterocycles. The SMILES string of the molecule is CN1CCC(C)(Cn2ccc3c2CCCC3O)CC1. The molecule has 1 fully saturated rings. The smallest absolute Gasteiger partial charge is 0.0807 e. The van der Waals surface area contributed by atoms with E-state index in [1.54, 1.807) is 0 Å². The summed E-state index contributed by atoms with van der Waals surface area (Å²) in [4.78, 5) is 2.43. The van der Waals surface area contributed by atoms with Gasteiger partial charge in [-0.25, -0.2) is 0 Å². The third-order valence-corrected chi connectivity index (χ3v) is 5.11. The fourth-order valence-corrected chi connectivity index (χ4v) is 3.61. The Balaban J connectivity index is 1.77. The molecule has 0 bridgehead atoms. The Morgan fingerprint density at radius 2 is 2.11 bits per heavy atom. The first-order chi connectivity index (χ1) is 9.07. The molecule has 2 aliphatic rings. The van der Waals surface area contributed by atoms with E-state index in [4.69, 9.17) is 0 Å². The topological polar surface area (TPSA) is 28.4 Å². The minimum absolute atomic E-state index is 0.227. The van der Waals surface area contributed by atoms with Crippen LogP contribution in [0.3, 0.4) is 0 Å². The van der Waals surface area contributed by atoms with Crippen LogP contribution in [0.5, 0.6) is 0 Å². The van der Waals surface area contributed by atoms with Crippen LogP contribution in [-0.4, -0.2) is 34.7 Å². The van der Waals surface area contributed by atoms with Gasteiger partial charge >= 0.3 is 0 Å². The monoisotopic (exact) mass is 262 g/mol. The van der Waals surface area contributed by atoms with Gasteiger partial charge in [-0.3, -0.25) is 0 Å². The normalized spacial score (nSPS) is 27.2. The van der Waals surface area contributed by atoms with E-state index in [9.17, 15) is 5.11 Å². The van der Waals surface area contributed by atoms with Crippen LogP contribution < -0.4 is 0 Å². The number of rotatable bonds is 2. The van der Waals surface area contributed by atoms with Gasteiger partial charge in [0.2, 0.25) is 0 Å². The fraction of sp³-hybridized carbons (Fsp3) is 0.750. The number of aliphatic hydroxyl groups excluding tert-OH is 1. The summed E-state index contributed by atoms with van der Waals surface area (Å²) in [7, 11) is 2.22. The Hall–Kier alpha value is -0.800. The van der Waals surface area contributed by atoms with Gasteiger partial charge in [-0.1, -0.05) is 6.92 Å². The Labute approximate surface area is 116 Å². The molecule has 1 aliphatic heterocycles. The van der Waals surface area contributed by atoms with E-state index < -0.39 is 0 Å². The molecular weight excluding hydrogens is 236 g/mol. The van der Waals surface area contributed by atoms with Gasteiger partial charge in [0.15, 0.2) is 0 Å². The molecule has 19 heavy (non-hydrogen) atoms. The molecule has 3 rings (SSSR count). The highest BCUT2D eigenvalue weighted by molar-refractivity contribution is 5.27. The van der Waals surface area contributed by atoms with Crippen LogP contribution in [0, 0.1) is 5.41 Å². The number of aliphatic hydroxyl groups is 1.